The van der Waals surface area contributed by atoms with Gasteiger partial charge in [-0.15, -0.1) is 5.12 Å². The highest BCUT2D eigenvalue weighted by atomic mass is 16.2. The molecule has 2 aliphatic heterocycles. The van der Waals surface area contributed by atoms with Crippen LogP contribution >= 0.6 is 0 Å². The summed E-state index contributed by atoms with van der Waals surface area (Å²) in [5.74, 6) is -0.959. The van der Waals surface area contributed by atoms with E-state index in [9.17, 15) is 9.59 Å². The van der Waals surface area contributed by atoms with Gasteiger partial charge in [0.05, 0.1) is 0 Å². The molecule has 1 atom stereocenters. The second kappa shape index (κ2) is 2.88. The summed E-state index contributed by atoms with van der Waals surface area (Å²) in [6.45, 7) is 0.625. The Morgan fingerprint density at radius 1 is 1.27 bits per heavy atom. The molecule has 5 nitrogen and oxygen atoms in total. The Morgan fingerprint density at radius 3 is 2.93 bits per heavy atom. The summed E-state index contributed by atoms with van der Waals surface area (Å²) < 4.78 is 0. The fourth-order valence-electron chi connectivity index (χ4n) is 2.01. The lowest BCUT2D eigenvalue weighted by Crippen LogP contribution is -2.48. The molecule has 1 amide bonds. The first-order valence-corrected chi connectivity index (χ1v) is 4.73. The van der Waals surface area contributed by atoms with Crippen molar-refractivity contribution in [3.8, 4) is 0 Å². The van der Waals surface area contributed by atoms with Crippen molar-refractivity contribution in [3.05, 3.63) is 35.4 Å². The lowest BCUT2D eigenvalue weighted by atomic mass is 9.96. The largest absolute Gasteiger partial charge is 0.304 e. The lowest BCUT2D eigenvalue weighted by Gasteiger charge is -2.29. The second-order valence-electron chi connectivity index (χ2n) is 3.61. The van der Waals surface area contributed by atoms with Crippen molar-refractivity contribution in [1.29, 1.82) is 0 Å². The minimum atomic E-state index is -0.552. The molecule has 3 rings (SSSR count). The van der Waals surface area contributed by atoms with Crippen molar-refractivity contribution in [2.45, 2.75) is 12.6 Å². The maximum Gasteiger partial charge on any atom is 0.304 e. The van der Waals surface area contributed by atoms with Gasteiger partial charge in [-0.2, -0.15) is 0 Å². The van der Waals surface area contributed by atoms with Crippen LogP contribution in [0.1, 0.15) is 17.2 Å². The molecule has 2 N–H and O–H groups in total. The van der Waals surface area contributed by atoms with Crippen LogP contribution in [0.4, 0.5) is 0 Å². The maximum absolute atomic E-state index is 11.6. The number of Topliss-reactive ketones (excluding diaryl/α,β-unsaturated/α-hetero) is 1. The van der Waals surface area contributed by atoms with Gasteiger partial charge < -0.3 is 0 Å². The monoisotopic (exact) mass is 203 g/mol. The third kappa shape index (κ3) is 1.10. The fraction of sp³-hybridized carbons (Fsp3) is 0.200. The summed E-state index contributed by atoms with van der Waals surface area (Å²) in [5, 5.41) is 1.48. The van der Waals surface area contributed by atoms with Gasteiger partial charge in [0, 0.05) is 6.54 Å². The third-order valence-electron chi connectivity index (χ3n) is 2.74. The van der Waals surface area contributed by atoms with Crippen LogP contribution in [-0.4, -0.2) is 16.8 Å². The van der Waals surface area contributed by atoms with E-state index in [1.54, 1.807) is 0 Å². The molecule has 0 aliphatic carbocycles. The minimum absolute atomic E-state index is 0.408. The summed E-state index contributed by atoms with van der Waals surface area (Å²) >= 11 is 0. The van der Waals surface area contributed by atoms with Gasteiger partial charge in [-0.25, -0.2) is 5.43 Å². The molecule has 1 aromatic carbocycles. The first-order valence-electron chi connectivity index (χ1n) is 4.73. The SMILES string of the molecule is O=C1NN2NCc3ccccc3C2C1=O. The predicted molar refractivity (Wildman–Crippen MR) is 51.0 cm³/mol. The molecule has 76 valence electrons. The van der Waals surface area contributed by atoms with Crippen molar-refractivity contribution in [2.24, 2.45) is 0 Å². The molecule has 5 heteroatoms. The van der Waals surface area contributed by atoms with E-state index in [4.69, 9.17) is 0 Å². The highest BCUT2D eigenvalue weighted by molar-refractivity contribution is 6.39. The number of fused-ring (bicyclic) bond motifs is 3. The summed E-state index contributed by atoms with van der Waals surface area (Å²) in [4.78, 5) is 22.8. The second-order valence-corrected chi connectivity index (χ2v) is 3.61. The average Bonchev–Trinajstić information content (AvgIpc) is 2.55. The molecule has 0 saturated carbocycles. The first-order chi connectivity index (χ1) is 7.27. The van der Waals surface area contributed by atoms with Crippen LogP contribution in [0.25, 0.3) is 0 Å². The number of hydrogen-bond acceptors (Lipinski definition) is 4. The van der Waals surface area contributed by atoms with E-state index >= 15 is 0 Å². The Morgan fingerprint density at radius 2 is 2.07 bits per heavy atom. The molecule has 2 heterocycles. The van der Waals surface area contributed by atoms with E-state index < -0.39 is 17.7 Å². The number of amides is 1. The van der Waals surface area contributed by atoms with Gasteiger partial charge in [-0.1, -0.05) is 24.3 Å². The van der Waals surface area contributed by atoms with Crippen LogP contribution < -0.4 is 10.9 Å². The van der Waals surface area contributed by atoms with Gasteiger partial charge in [0.1, 0.15) is 6.04 Å². The highest BCUT2D eigenvalue weighted by Gasteiger charge is 2.43. The Balaban J connectivity index is 2.12. The van der Waals surface area contributed by atoms with E-state index in [1.807, 2.05) is 24.3 Å². The number of hydrazine groups is 2. The molecule has 1 unspecified atom stereocenters. The Kier molecular flexibility index (Phi) is 1.65. The number of nitrogens with one attached hydrogen (secondary N) is 2. The molecule has 0 radical (unpaired) electrons. The summed E-state index contributed by atoms with van der Waals surface area (Å²) in [6.07, 6.45) is 0. The molecule has 0 aromatic heterocycles. The van der Waals surface area contributed by atoms with Gasteiger partial charge in [-0.05, 0) is 11.1 Å². The summed E-state index contributed by atoms with van der Waals surface area (Å²) in [6, 6.07) is 7.12. The number of nitrogens with zero attached hydrogens (tertiary/aromatic N) is 1. The molecule has 1 fully saturated rings. The number of carbonyl (C=O) groups is 2. The first kappa shape index (κ1) is 8.58. The van der Waals surface area contributed by atoms with Gasteiger partial charge in [-0.3, -0.25) is 15.0 Å². The highest BCUT2D eigenvalue weighted by Crippen LogP contribution is 2.29. The zero-order valence-corrected chi connectivity index (χ0v) is 7.86. The Bertz CT molecular complexity index is 458. The predicted octanol–water partition coefficient (Wildman–Crippen LogP) is -0.338. The topological polar surface area (TPSA) is 61.4 Å². The number of rotatable bonds is 0. The van der Waals surface area contributed by atoms with E-state index in [0.717, 1.165) is 11.1 Å². The van der Waals surface area contributed by atoms with Crippen molar-refractivity contribution in [2.75, 3.05) is 0 Å². The Labute approximate surface area is 86.0 Å². The van der Waals surface area contributed by atoms with Crippen LogP contribution in [0.5, 0.6) is 0 Å². The smallest absolute Gasteiger partial charge is 0.286 e. The van der Waals surface area contributed by atoms with Gasteiger partial charge in [0.2, 0.25) is 5.78 Å². The summed E-state index contributed by atoms with van der Waals surface area (Å²) in [7, 11) is 0. The summed E-state index contributed by atoms with van der Waals surface area (Å²) in [5.41, 5.74) is 7.42. The van der Waals surface area contributed by atoms with Gasteiger partial charge >= 0.3 is 5.91 Å². The number of benzene rings is 1. The number of ketones is 1. The molecule has 1 saturated heterocycles. The van der Waals surface area contributed by atoms with E-state index in [1.165, 1.54) is 5.12 Å². The molecule has 1 aromatic rings. The van der Waals surface area contributed by atoms with Crippen LogP contribution in [0.3, 0.4) is 0 Å². The van der Waals surface area contributed by atoms with Crippen LogP contribution in [-0.2, 0) is 16.1 Å². The van der Waals surface area contributed by atoms with Gasteiger partial charge in [0.15, 0.2) is 0 Å². The molecule has 0 spiro atoms. The molecule has 2 aliphatic rings. The van der Waals surface area contributed by atoms with Crippen LogP contribution in [0.15, 0.2) is 24.3 Å². The zero-order valence-electron chi connectivity index (χ0n) is 7.86. The maximum atomic E-state index is 11.6. The van der Waals surface area contributed by atoms with Crippen LogP contribution in [0, 0.1) is 0 Å². The Hall–Kier alpha value is -1.72. The molecular formula is C10H9N3O2. The standard InChI is InChI=1S/C10H9N3O2/c14-9-8-7-4-2-1-3-6(7)5-11-13(8)12-10(9)15/h1-4,8,11H,5H2,(H,12,15). The van der Waals surface area contributed by atoms with E-state index in [0.29, 0.717) is 6.54 Å². The minimum Gasteiger partial charge on any atom is -0.286 e. The fourth-order valence-corrected chi connectivity index (χ4v) is 2.01. The van der Waals surface area contributed by atoms with E-state index in [2.05, 4.69) is 10.9 Å². The zero-order chi connectivity index (χ0) is 10.4. The van der Waals surface area contributed by atoms with Crippen molar-refractivity contribution in [3.63, 3.8) is 0 Å². The van der Waals surface area contributed by atoms with Gasteiger partial charge in [0.25, 0.3) is 0 Å². The average molecular weight is 203 g/mol. The molecule has 0 bridgehead atoms. The molecular weight excluding hydrogens is 194 g/mol. The van der Waals surface area contributed by atoms with Crippen molar-refractivity contribution in [1.82, 2.24) is 16.0 Å². The third-order valence-corrected chi connectivity index (χ3v) is 2.74. The van der Waals surface area contributed by atoms with Crippen molar-refractivity contribution >= 4 is 11.7 Å². The number of hydrogen-bond donors (Lipinski definition) is 2. The van der Waals surface area contributed by atoms with Crippen molar-refractivity contribution < 1.29 is 9.59 Å². The normalized spacial score (nSPS) is 24.7. The lowest BCUT2D eigenvalue weighted by molar-refractivity contribution is -0.135. The van der Waals surface area contributed by atoms with E-state index in [-0.39, 0.29) is 0 Å². The van der Waals surface area contributed by atoms with Crippen LogP contribution in [0.2, 0.25) is 0 Å². The molecule has 15 heavy (non-hydrogen) atoms. The quantitative estimate of drug-likeness (QED) is 0.566. The number of carbonyl (C=O) groups excluding carboxylic acids is 2.